The normalized spacial score (nSPS) is 10.8. The van der Waals surface area contributed by atoms with E-state index >= 15 is 0 Å². The number of ether oxygens (including phenoxy) is 2. The number of nitrogens with zero attached hydrogens (tertiary/aromatic N) is 1. The number of rotatable bonds is 8. The molecule has 0 bridgehead atoms. The van der Waals surface area contributed by atoms with Crippen LogP contribution in [0, 0.1) is 6.92 Å². The van der Waals surface area contributed by atoms with Crippen LogP contribution in [0.25, 0.3) is 10.9 Å². The van der Waals surface area contributed by atoms with E-state index in [1.165, 1.54) is 10.9 Å². The third kappa shape index (κ3) is 4.89. The second-order valence-corrected chi connectivity index (χ2v) is 7.94. The largest absolute Gasteiger partial charge is 0.497 e. The molecule has 2 N–H and O–H groups in total. The molecule has 0 aliphatic heterocycles. The third-order valence-corrected chi connectivity index (χ3v) is 5.85. The highest BCUT2D eigenvalue weighted by molar-refractivity contribution is 7.80. The molecule has 2 aromatic carbocycles. The van der Waals surface area contributed by atoms with Crippen molar-refractivity contribution in [1.29, 1.82) is 0 Å². The van der Waals surface area contributed by atoms with Crippen LogP contribution in [0.15, 0.2) is 65.3 Å². The Morgan fingerprint density at radius 1 is 1.06 bits per heavy atom. The number of benzene rings is 2. The van der Waals surface area contributed by atoms with Crippen LogP contribution < -0.4 is 14.8 Å². The summed E-state index contributed by atoms with van der Waals surface area (Å²) in [5, 5.41) is 5.14. The van der Waals surface area contributed by atoms with Crippen LogP contribution in [0.5, 0.6) is 11.5 Å². The summed E-state index contributed by atoms with van der Waals surface area (Å²) in [6, 6.07) is 17.7. The Hall–Kier alpha value is -3.45. The molecule has 0 fully saturated rings. The van der Waals surface area contributed by atoms with Gasteiger partial charge in [-0.3, -0.25) is 0 Å². The van der Waals surface area contributed by atoms with Gasteiger partial charge in [0.15, 0.2) is 5.11 Å². The number of hydrogen-bond donors (Lipinski definition) is 2. The molecule has 0 spiro atoms. The zero-order valence-electron chi connectivity index (χ0n) is 18.5. The Bertz CT molecular complexity index is 1200. The molecule has 166 valence electrons. The molecule has 0 atom stereocenters. The van der Waals surface area contributed by atoms with Crippen LogP contribution in [0.3, 0.4) is 0 Å². The molecule has 0 amide bonds. The standard InChI is InChI=1S/C25H27N3O3S/c1-17-22(23-15-20(30-3)9-10-24(23)26-17)11-12-28(16-21-8-5-13-31-21)25(32)27-18-6-4-7-19(14-18)29-2/h4-10,13-15,26H,11-12,16H2,1-3H3,(H,27,32). The van der Waals surface area contributed by atoms with E-state index < -0.39 is 0 Å². The molecule has 0 saturated heterocycles. The van der Waals surface area contributed by atoms with Gasteiger partial charge in [-0.15, -0.1) is 0 Å². The van der Waals surface area contributed by atoms with Gasteiger partial charge in [0.2, 0.25) is 0 Å². The van der Waals surface area contributed by atoms with Crippen molar-refractivity contribution in [3.63, 3.8) is 0 Å². The average Bonchev–Trinajstić information content (AvgIpc) is 3.43. The van der Waals surface area contributed by atoms with E-state index in [4.69, 9.17) is 26.1 Å². The van der Waals surface area contributed by atoms with Crippen molar-refractivity contribution in [2.45, 2.75) is 19.9 Å². The van der Waals surface area contributed by atoms with Gasteiger partial charge in [-0.2, -0.15) is 0 Å². The van der Waals surface area contributed by atoms with E-state index in [2.05, 4.69) is 34.3 Å². The Balaban J connectivity index is 1.55. The van der Waals surface area contributed by atoms with Crippen molar-refractivity contribution >= 4 is 33.9 Å². The van der Waals surface area contributed by atoms with Gasteiger partial charge in [-0.1, -0.05) is 6.07 Å². The van der Waals surface area contributed by atoms with E-state index in [0.29, 0.717) is 11.7 Å². The maximum Gasteiger partial charge on any atom is 0.173 e. The molecule has 0 unspecified atom stereocenters. The summed E-state index contributed by atoms with van der Waals surface area (Å²) < 4.78 is 16.3. The first kappa shape index (κ1) is 21.8. The molecule has 7 heteroatoms. The number of aryl methyl sites for hydroxylation is 1. The first-order chi connectivity index (χ1) is 15.6. The number of thiocarbonyl (C=S) groups is 1. The molecule has 32 heavy (non-hydrogen) atoms. The van der Waals surface area contributed by atoms with Crippen molar-refractivity contribution in [3.8, 4) is 11.5 Å². The van der Waals surface area contributed by atoms with Gasteiger partial charge < -0.3 is 29.1 Å². The SMILES string of the molecule is COc1cccc(NC(=S)N(CCc2c(C)[nH]c3ccc(OC)cc23)Cc2ccco2)c1. The highest BCUT2D eigenvalue weighted by Crippen LogP contribution is 2.27. The quantitative estimate of drug-likeness (QED) is 0.345. The molecule has 4 aromatic rings. The Morgan fingerprint density at radius 2 is 1.88 bits per heavy atom. The van der Waals surface area contributed by atoms with Gasteiger partial charge in [-0.25, -0.2) is 0 Å². The maximum atomic E-state index is 5.78. The second-order valence-electron chi connectivity index (χ2n) is 7.55. The highest BCUT2D eigenvalue weighted by atomic mass is 32.1. The number of fused-ring (bicyclic) bond motifs is 1. The van der Waals surface area contributed by atoms with E-state index in [9.17, 15) is 0 Å². The fraction of sp³-hybridized carbons (Fsp3) is 0.240. The molecule has 0 aliphatic rings. The summed E-state index contributed by atoms with van der Waals surface area (Å²) in [5.41, 5.74) is 4.39. The minimum atomic E-state index is 0.577. The van der Waals surface area contributed by atoms with Gasteiger partial charge in [-0.05, 0) is 73.6 Å². The number of H-pyrrole nitrogens is 1. The topological polar surface area (TPSA) is 62.7 Å². The summed E-state index contributed by atoms with van der Waals surface area (Å²) in [4.78, 5) is 5.59. The summed E-state index contributed by atoms with van der Waals surface area (Å²) >= 11 is 5.78. The highest BCUT2D eigenvalue weighted by Gasteiger charge is 2.16. The molecule has 6 nitrogen and oxygen atoms in total. The third-order valence-electron chi connectivity index (χ3n) is 5.49. The van der Waals surface area contributed by atoms with Crippen molar-refractivity contribution in [1.82, 2.24) is 9.88 Å². The summed E-state index contributed by atoms with van der Waals surface area (Å²) in [6.07, 6.45) is 2.50. The van der Waals surface area contributed by atoms with E-state index in [1.54, 1.807) is 20.5 Å². The fourth-order valence-electron chi connectivity index (χ4n) is 3.80. The van der Waals surface area contributed by atoms with Gasteiger partial charge in [0.25, 0.3) is 0 Å². The van der Waals surface area contributed by atoms with Gasteiger partial charge in [0.05, 0.1) is 27.0 Å². The first-order valence-electron chi connectivity index (χ1n) is 10.4. The number of nitrogens with one attached hydrogen (secondary N) is 2. The minimum absolute atomic E-state index is 0.577. The average molecular weight is 450 g/mol. The Labute approximate surface area is 193 Å². The summed E-state index contributed by atoms with van der Waals surface area (Å²) in [6.45, 7) is 3.40. The number of hydrogen-bond acceptors (Lipinski definition) is 4. The number of anilines is 1. The van der Waals surface area contributed by atoms with Crippen LogP contribution in [0.1, 0.15) is 17.0 Å². The summed E-state index contributed by atoms with van der Waals surface area (Å²) in [7, 11) is 3.34. The summed E-state index contributed by atoms with van der Waals surface area (Å²) in [5.74, 6) is 2.48. The fourth-order valence-corrected chi connectivity index (χ4v) is 4.08. The molecule has 0 aliphatic carbocycles. The number of aromatic nitrogens is 1. The predicted molar refractivity (Wildman–Crippen MR) is 132 cm³/mol. The minimum Gasteiger partial charge on any atom is -0.497 e. The van der Waals surface area contributed by atoms with Crippen molar-refractivity contribution < 1.29 is 13.9 Å². The zero-order valence-corrected chi connectivity index (χ0v) is 19.3. The molecule has 2 aromatic heterocycles. The number of aromatic amines is 1. The smallest absolute Gasteiger partial charge is 0.173 e. The van der Waals surface area contributed by atoms with Crippen LogP contribution >= 0.6 is 12.2 Å². The molecule has 0 radical (unpaired) electrons. The van der Waals surface area contributed by atoms with Crippen LogP contribution in [0.4, 0.5) is 5.69 Å². The molecule has 4 rings (SSSR count). The van der Waals surface area contributed by atoms with Crippen molar-refractivity contribution in [2.75, 3.05) is 26.1 Å². The van der Waals surface area contributed by atoms with Crippen LogP contribution in [-0.4, -0.2) is 35.8 Å². The predicted octanol–water partition coefficient (Wildman–Crippen LogP) is 5.53. The lowest BCUT2D eigenvalue weighted by atomic mass is 10.1. The van der Waals surface area contributed by atoms with Crippen LogP contribution in [0.2, 0.25) is 0 Å². The van der Waals surface area contributed by atoms with Gasteiger partial charge in [0.1, 0.15) is 17.3 Å². The first-order valence-corrected chi connectivity index (χ1v) is 10.9. The Morgan fingerprint density at radius 3 is 2.62 bits per heavy atom. The number of furan rings is 1. The van der Waals surface area contributed by atoms with E-state index in [-0.39, 0.29) is 0 Å². The zero-order chi connectivity index (χ0) is 22.5. The van der Waals surface area contributed by atoms with Crippen LogP contribution in [-0.2, 0) is 13.0 Å². The van der Waals surface area contributed by atoms with Gasteiger partial charge >= 0.3 is 0 Å². The van der Waals surface area contributed by atoms with Crippen molar-refractivity contribution in [3.05, 3.63) is 77.9 Å². The van der Waals surface area contributed by atoms with Gasteiger partial charge in [0, 0.05) is 34.9 Å². The molecular weight excluding hydrogens is 422 g/mol. The molecule has 2 heterocycles. The maximum absolute atomic E-state index is 5.78. The lowest BCUT2D eigenvalue weighted by Crippen LogP contribution is -2.35. The monoisotopic (exact) mass is 449 g/mol. The van der Waals surface area contributed by atoms with E-state index in [0.717, 1.165) is 47.1 Å². The van der Waals surface area contributed by atoms with Crippen molar-refractivity contribution in [2.24, 2.45) is 0 Å². The second kappa shape index (κ2) is 9.78. The lowest BCUT2D eigenvalue weighted by Gasteiger charge is -2.25. The Kier molecular flexibility index (Phi) is 6.66. The number of methoxy groups -OCH3 is 2. The lowest BCUT2D eigenvalue weighted by molar-refractivity contribution is 0.368. The molecular formula is C25H27N3O3S. The van der Waals surface area contributed by atoms with E-state index in [1.807, 2.05) is 42.5 Å². The molecule has 0 saturated carbocycles.